The fraction of sp³-hybridized carbons (Fsp3) is 0.357. The Bertz CT molecular complexity index is 534. The smallest absolute Gasteiger partial charge is 0.123 e. The van der Waals surface area contributed by atoms with Crippen LogP contribution in [-0.4, -0.2) is 16.6 Å². The fourth-order valence-electron chi connectivity index (χ4n) is 2.17. The maximum atomic E-state index is 13.1. The third-order valence-corrected chi connectivity index (χ3v) is 3.26. The van der Waals surface area contributed by atoms with E-state index >= 15 is 0 Å². The topological polar surface area (TPSA) is 29.9 Å². The lowest BCUT2D eigenvalue weighted by Gasteiger charge is -2.18. The molecule has 0 aliphatic rings. The molecule has 1 N–H and O–H groups in total. The normalized spacial score (nSPS) is 12.7. The average Bonchev–Trinajstić information content (AvgIpc) is 2.73. The van der Waals surface area contributed by atoms with E-state index in [0.29, 0.717) is 0 Å². The highest BCUT2D eigenvalue weighted by Gasteiger charge is 2.15. The van der Waals surface area contributed by atoms with Crippen LogP contribution in [0, 0.1) is 12.7 Å². The zero-order valence-electron chi connectivity index (χ0n) is 10.9. The summed E-state index contributed by atoms with van der Waals surface area (Å²) < 4.78 is 15.1. The van der Waals surface area contributed by atoms with Gasteiger partial charge in [0.15, 0.2) is 0 Å². The number of hydrogen-bond acceptors (Lipinski definition) is 2. The molecule has 0 aliphatic carbocycles. The molecule has 0 aliphatic heterocycles. The summed E-state index contributed by atoms with van der Waals surface area (Å²) >= 11 is 0. The third kappa shape index (κ3) is 2.59. The summed E-state index contributed by atoms with van der Waals surface area (Å²) in [7, 11) is 3.89. The van der Waals surface area contributed by atoms with Crippen molar-refractivity contribution in [2.45, 2.75) is 19.4 Å². The van der Waals surface area contributed by atoms with Crippen LogP contribution in [0.15, 0.2) is 30.6 Å². The van der Waals surface area contributed by atoms with E-state index in [1.807, 2.05) is 37.8 Å². The van der Waals surface area contributed by atoms with Gasteiger partial charge in [-0.3, -0.25) is 0 Å². The fourth-order valence-corrected chi connectivity index (χ4v) is 2.17. The van der Waals surface area contributed by atoms with Crippen LogP contribution in [0.1, 0.15) is 23.0 Å². The molecule has 2 rings (SSSR count). The summed E-state index contributed by atoms with van der Waals surface area (Å²) in [6.45, 7) is 1.93. The molecule has 1 heterocycles. The molecular weight excluding hydrogens is 229 g/mol. The molecule has 1 aromatic carbocycles. The quantitative estimate of drug-likeness (QED) is 0.899. The van der Waals surface area contributed by atoms with Crippen molar-refractivity contribution in [2.75, 3.05) is 7.05 Å². The monoisotopic (exact) mass is 247 g/mol. The number of rotatable bonds is 4. The van der Waals surface area contributed by atoms with Crippen LogP contribution in [0.3, 0.4) is 0 Å². The maximum absolute atomic E-state index is 13.1. The molecule has 0 amide bonds. The van der Waals surface area contributed by atoms with E-state index in [-0.39, 0.29) is 11.9 Å². The molecule has 96 valence electrons. The highest BCUT2D eigenvalue weighted by Crippen LogP contribution is 2.21. The van der Waals surface area contributed by atoms with Crippen LogP contribution in [0.5, 0.6) is 0 Å². The molecule has 1 unspecified atom stereocenters. The van der Waals surface area contributed by atoms with Gasteiger partial charge in [-0.15, -0.1) is 0 Å². The molecule has 0 saturated carbocycles. The Labute approximate surface area is 107 Å². The van der Waals surface area contributed by atoms with E-state index in [1.54, 1.807) is 12.3 Å². The number of benzene rings is 1. The summed E-state index contributed by atoms with van der Waals surface area (Å²) in [6, 6.07) is 5.06. The van der Waals surface area contributed by atoms with Gasteiger partial charge >= 0.3 is 0 Å². The Morgan fingerprint density at radius 2 is 2.22 bits per heavy atom. The number of nitrogens with one attached hydrogen (secondary N) is 1. The Morgan fingerprint density at radius 3 is 2.78 bits per heavy atom. The lowest BCUT2D eigenvalue weighted by atomic mass is 9.98. The van der Waals surface area contributed by atoms with E-state index in [0.717, 1.165) is 23.4 Å². The summed E-state index contributed by atoms with van der Waals surface area (Å²) in [5, 5.41) is 3.27. The van der Waals surface area contributed by atoms with Gasteiger partial charge in [0.2, 0.25) is 0 Å². The minimum absolute atomic E-state index is 0.145. The van der Waals surface area contributed by atoms with Crippen LogP contribution in [-0.2, 0) is 13.5 Å². The van der Waals surface area contributed by atoms with Crippen LogP contribution < -0.4 is 5.32 Å². The first-order valence-corrected chi connectivity index (χ1v) is 6.01. The largest absolute Gasteiger partial charge is 0.338 e. The number of aromatic nitrogens is 2. The molecular formula is C14H18FN3. The predicted molar refractivity (Wildman–Crippen MR) is 69.8 cm³/mol. The van der Waals surface area contributed by atoms with Crippen molar-refractivity contribution >= 4 is 0 Å². The lowest BCUT2D eigenvalue weighted by molar-refractivity contribution is 0.557. The van der Waals surface area contributed by atoms with E-state index < -0.39 is 0 Å². The SMILES string of the molecule is CNC(Cc1nccn1C)c1ccc(F)cc1C. The average molecular weight is 247 g/mol. The first-order valence-electron chi connectivity index (χ1n) is 6.01. The number of nitrogens with zero attached hydrogens (tertiary/aromatic N) is 2. The van der Waals surface area contributed by atoms with Crippen molar-refractivity contribution in [2.24, 2.45) is 7.05 Å². The van der Waals surface area contributed by atoms with Gasteiger partial charge in [0.05, 0.1) is 0 Å². The zero-order chi connectivity index (χ0) is 13.1. The first-order chi connectivity index (χ1) is 8.61. The van der Waals surface area contributed by atoms with Crippen molar-refractivity contribution in [3.8, 4) is 0 Å². The lowest BCUT2D eigenvalue weighted by Crippen LogP contribution is -2.21. The van der Waals surface area contributed by atoms with Gasteiger partial charge in [0, 0.05) is 31.9 Å². The number of hydrogen-bond donors (Lipinski definition) is 1. The predicted octanol–water partition coefficient (Wildman–Crippen LogP) is 2.37. The molecule has 3 nitrogen and oxygen atoms in total. The molecule has 18 heavy (non-hydrogen) atoms. The highest BCUT2D eigenvalue weighted by molar-refractivity contribution is 5.30. The van der Waals surface area contributed by atoms with E-state index in [1.165, 1.54) is 6.07 Å². The molecule has 4 heteroatoms. The number of halogens is 1. The minimum Gasteiger partial charge on any atom is -0.338 e. The van der Waals surface area contributed by atoms with Crippen molar-refractivity contribution in [3.63, 3.8) is 0 Å². The van der Waals surface area contributed by atoms with Crippen LogP contribution in [0.25, 0.3) is 0 Å². The summed E-state index contributed by atoms with van der Waals surface area (Å²) in [4.78, 5) is 4.33. The van der Waals surface area contributed by atoms with Gasteiger partial charge in [0.1, 0.15) is 11.6 Å². The third-order valence-electron chi connectivity index (χ3n) is 3.26. The summed E-state index contributed by atoms with van der Waals surface area (Å²) in [5.41, 5.74) is 2.07. The molecule has 0 radical (unpaired) electrons. The molecule has 1 atom stereocenters. The Kier molecular flexibility index (Phi) is 3.77. The number of likely N-dealkylation sites (N-methyl/N-ethyl adjacent to an activating group) is 1. The molecule has 0 saturated heterocycles. The molecule has 2 aromatic rings. The van der Waals surface area contributed by atoms with Crippen molar-refractivity contribution < 1.29 is 4.39 Å². The molecule has 0 fully saturated rings. The van der Waals surface area contributed by atoms with Gasteiger partial charge < -0.3 is 9.88 Å². The van der Waals surface area contributed by atoms with Crippen LogP contribution in [0.4, 0.5) is 4.39 Å². The van der Waals surface area contributed by atoms with E-state index in [4.69, 9.17) is 0 Å². The van der Waals surface area contributed by atoms with E-state index in [2.05, 4.69) is 10.3 Å². The van der Waals surface area contributed by atoms with Gasteiger partial charge in [-0.25, -0.2) is 9.37 Å². The zero-order valence-corrected chi connectivity index (χ0v) is 10.9. The number of aryl methyl sites for hydroxylation is 2. The molecule has 0 spiro atoms. The van der Waals surface area contributed by atoms with Gasteiger partial charge in [-0.05, 0) is 37.2 Å². The van der Waals surface area contributed by atoms with Crippen molar-refractivity contribution in [1.29, 1.82) is 0 Å². The van der Waals surface area contributed by atoms with Gasteiger partial charge in [-0.1, -0.05) is 6.07 Å². The van der Waals surface area contributed by atoms with Crippen molar-refractivity contribution in [3.05, 3.63) is 53.4 Å². The van der Waals surface area contributed by atoms with Gasteiger partial charge in [-0.2, -0.15) is 0 Å². The summed E-state index contributed by atoms with van der Waals surface area (Å²) in [5.74, 6) is 0.821. The van der Waals surface area contributed by atoms with Crippen molar-refractivity contribution in [1.82, 2.24) is 14.9 Å². The minimum atomic E-state index is -0.192. The van der Waals surface area contributed by atoms with Gasteiger partial charge in [0.25, 0.3) is 0 Å². The second-order valence-electron chi connectivity index (χ2n) is 4.50. The highest BCUT2D eigenvalue weighted by atomic mass is 19.1. The second kappa shape index (κ2) is 5.31. The molecule has 0 bridgehead atoms. The standard InChI is InChI=1S/C14H18FN3/c1-10-8-11(15)4-5-12(10)13(16-2)9-14-17-6-7-18(14)3/h4-8,13,16H,9H2,1-3H3. The van der Waals surface area contributed by atoms with E-state index in [9.17, 15) is 4.39 Å². The first kappa shape index (κ1) is 12.8. The Balaban J connectivity index is 2.26. The number of imidazole rings is 1. The molecule has 1 aromatic heterocycles. The van der Waals surface area contributed by atoms with Crippen LogP contribution in [0.2, 0.25) is 0 Å². The van der Waals surface area contributed by atoms with Crippen LogP contribution >= 0.6 is 0 Å². The Morgan fingerprint density at radius 1 is 1.44 bits per heavy atom. The second-order valence-corrected chi connectivity index (χ2v) is 4.50. The Hall–Kier alpha value is -1.68. The maximum Gasteiger partial charge on any atom is 0.123 e. The summed E-state index contributed by atoms with van der Waals surface area (Å²) in [6.07, 6.45) is 4.51.